The predicted octanol–water partition coefficient (Wildman–Crippen LogP) is 1.67. The Morgan fingerprint density at radius 3 is 2.38 bits per heavy atom. The summed E-state index contributed by atoms with van der Waals surface area (Å²) in [6, 6.07) is 8.99. The van der Waals surface area contributed by atoms with E-state index in [4.69, 9.17) is 4.84 Å². The molecule has 1 rings (SSSR count). The first-order valence-electron chi connectivity index (χ1n) is 5.05. The third kappa shape index (κ3) is 3.47. The Labute approximate surface area is 94.8 Å². The van der Waals surface area contributed by atoms with Crippen molar-refractivity contribution in [2.45, 2.75) is 13.3 Å². The van der Waals surface area contributed by atoms with Crippen LogP contribution in [0.1, 0.15) is 23.7 Å². The SMILES string of the molecule is CON(CCC(=O)c1ccccc1)C(C)=O. The van der Waals surface area contributed by atoms with Gasteiger partial charge in [-0.05, 0) is 0 Å². The van der Waals surface area contributed by atoms with E-state index in [1.165, 1.54) is 19.1 Å². The molecule has 0 aliphatic carbocycles. The zero-order valence-electron chi connectivity index (χ0n) is 9.47. The van der Waals surface area contributed by atoms with Gasteiger partial charge >= 0.3 is 0 Å². The average Bonchev–Trinajstić information content (AvgIpc) is 2.30. The molecule has 0 aromatic heterocycles. The highest BCUT2D eigenvalue weighted by Crippen LogP contribution is 2.04. The van der Waals surface area contributed by atoms with Crippen LogP contribution >= 0.6 is 0 Å². The summed E-state index contributed by atoms with van der Waals surface area (Å²) in [5.74, 6) is -0.202. The molecule has 0 atom stereocenters. The molecule has 0 saturated carbocycles. The molecule has 1 amide bonds. The van der Waals surface area contributed by atoms with Crippen molar-refractivity contribution in [2.75, 3.05) is 13.7 Å². The van der Waals surface area contributed by atoms with Crippen molar-refractivity contribution in [1.82, 2.24) is 5.06 Å². The maximum absolute atomic E-state index is 11.7. The van der Waals surface area contributed by atoms with Crippen molar-refractivity contribution in [3.8, 4) is 0 Å². The molecule has 0 bridgehead atoms. The second-order valence-corrected chi connectivity index (χ2v) is 3.34. The molecule has 0 saturated heterocycles. The highest BCUT2D eigenvalue weighted by molar-refractivity contribution is 5.96. The zero-order chi connectivity index (χ0) is 12.0. The molecular formula is C12H15NO3. The Hall–Kier alpha value is -1.68. The van der Waals surface area contributed by atoms with Gasteiger partial charge in [0.2, 0.25) is 5.91 Å². The summed E-state index contributed by atoms with van der Waals surface area (Å²) in [5.41, 5.74) is 0.655. The monoisotopic (exact) mass is 221 g/mol. The van der Waals surface area contributed by atoms with Gasteiger partial charge in [0.1, 0.15) is 0 Å². The number of carbonyl (C=O) groups is 2. The standard InChI is InChI=1S/C12H15NO3/c1-10(14)13(16-2)9-8-12(15)11-6-4-3-5-7-11/h3-7H,8-9H2,1-2H3. The number of hydroxylamine groups is 2. The van der Waals surface area contributed by atoms with Crippen molar-refractivity contribution in [3.63, 3.8) is 0 Å². The lowest BCUT2D eigenvalue weighted by molar-refractivity contribution is -0.172. The molecule has 16 heavy (non-hydrogen) atoms. The van der Waals surface area contributed by atoms with E-state index < -0.39 is 0 Å². The maximum atomic E-state index is 11.7. The first-order valence-corrected chi connectivity index (χ1v) is 5.05. The van der Waals surface area contributed by atoms with Crippen LogP contribution in [-0.2, 0) is 9.63 Å². The van der Waals surface area contributed by atoms with Gasteiger partial charge in [-0.2, -0.15) is 0 Å². The van der Waals surface area contributed by atoms with Crippen LogP contribution in [-0.4, -0.2) is 30.4 Å². The van der Waals surface area contributed by atoms with Crippen LogP contribution < -0.4 is 0 Å². The third-order valence-corrected chi connectivity index (χ3v) is 2.21. The van der Waals surface area contributed by atoms with Crippen molar-refractivity contribution in [1.29, 1.82) is 0 Å². The highest BCUT2D eigenvalue weighted by Gasteiger charge is 2.11. The van der Waals surface area contributed by atoms with Crippen LogP contribution in [0.25, 0.3) is 0 Å². The van der Waals surface area contributed by atoms with E-state index in [0.29, 0.717) is 5.56 Å². The van der Waals surface area contributed by atoms with E-state index in [-0.39, 0.29) is 24.7 Å². The summed E-state index contributed by atoms with van der Waals surface area (Å²) in [6.45, 7) is 1.68. The molecule has 1 aromatic carbocycles. The van der Waals surface area contributed by atoms with Crippen molar-refractivity contribution < 1.29 is 14.4 Å². The summed E-state index contributed by atoms with van der Waals surface area (Å²) >= 11 is 0. The van der Waals surface area contributed by atoms with Gasteiger partial charge < -0.3 is 0 Å². The van der Waals surface area contributed by atoms with Gasteiger partial charge in [-0.15, -0.1) is 0 Å². The lowest BCUT2D eigenvalue weighted by atomic mass is 10.1. The first kappa shape index (κ1) is 12.4. The highest BCUT2D eigenvalue weighted by atomic mass is 16.7. The topological polar surface area (TPSA) is 46.6 Å². The fourth-order valence-corrected chi connectivity index (χ4v) is 1.35. The number of carbonyl (C=O) groups excluding carboxylic acids is 2. The second-order valence-electron chi connectivity index (χ2n) is 3.34. The summed E-state index contributed by atoms with van der Waals surface area (Å²) in [6.07, 6.45) is 0.261. The van der Waals surface area contributed by atoms with E-state index in [9.17, 15) is 9.59 Å². The minimum absolute atomic E-state index is 0.00361. The fraction of sp³-hybridized carbons (Fsp3) is 0.333. The van der Waals surface area contributed by atoms with Crippen LogP contribution in [0, 0.1) is 0 Å². The van der Waals surface area contributed by atoms with Gasteiger partial charge in [-0.1, -0.05) is 30.3 Å². The summed E-state index contributed by atoms with van der Waals surface area (Å²) in [7, 11) is 1.41. The summed E-state index contributed by atoms with van der Waals surface area (Å²) < 4.78 is 0. The van der Waals surface area contributed by atoms with Crippen LogP contribution in [0.4, 0.5) is 0 Å². The lowest BCUT2D eigenvalue weighted by Crippen LogP contribution is -2.29. The normalized spacial score (nSPS) is 9.88. The molecule has 0 N–H and O–H groups in total. The number of benzene rings is 1. The summed E-state index contributed by atoms with van der Waals surface area (Å²) in [5, 5.41) is 1.17. The van der Waals surface area contributed by atoms with Gasteiger partial charge in [-0.3, -0.25) is 14.4 Å². The molecule has 4 nitrogen and oxygen atoms in total. The Balaban J connectivity index is 2.50. The van der Waals surface area contributed by atoms with Crippen LogP contribution in [0.3, 0.4) is 0 Å². The average molecular weight is 221 g/mol. The van der Waals surface area contributed by atoms with E-state index in [1.807, 2.05) is 18.2 Å². The molecule has 0 unspecified atom stereocenters. The number of hydrogen-bond donors (Lipinski definition) is 0. The number of hydrogen-bond acceptors (Lipinski definition) is 3. The van der Waals surface area contributed by atoms with Gasteiger partial charge in [0.25, 0.3) is 0 Å². The van der Waals surface area contributed by atoms with Crippen LogP contribution in [0.5, 0.6) is 0 Å². The molecule has 0 heterocycles. The van der Waals surface area contributed by atoms with Crippen molar-refractivity contribution >= 4 is 11.7 Å². The van der Waals surface area contributed by atoms with Crippen molar-refractivity contribution in [3.05, 3.63) is 35.9 Å². The number of Topliss-reactive ketones (excluding diaryl/α,β-unsaturated/α-hetero) is 1. The minimum Gasteiger partial charge on any atom is -0.294 e. The number of amides is 1. The van der Waals surface area contributed by atoms with Gasteiger partial charge in [-0.25, -0.2) is 5.06 Å². The maximum Gasteiger partial charge on any atom is 0.242 e. The zero-order valence-corrected chi connectivity index (χ0v) is 9.47. The Bertz CT molecular complexity index is 362. The Morgan fingerprint density at radius 2 is 1.88 bits per heavy atom. The van der Waals surface area contributed by atoms with E-state index in [1.54, 1.807) is 12.1 Å². The molecule has 0 spiro atoms. The fourth-order valence-electron chi connectivity index (χ4n) is 1.35. The largest absolute Gasteiger partial charge is 0.294 e. The van der Waals surface area contributed by atoms with E-state index in [0.717, 1.165) is 0 Å². The Morgan fingerprint density at radius 1 is 1.25 bits per heavy atom. The van der Waals surface area contributed by atoms with Gasteiger partial charge in [0.05, 0.1) is 13.7 Å². The second kappa shape index (κ2) is 6.02. The molecule has 86 valence electrons. The number of rotatable bonds is 5. The smallest absolute Gasteiger partial charge is 0.242 e. The molecule has 4 heteroatoms. The quantitative estimate of drug-likeness (QED) is 0.561. The third-order valence-electron chi connectivity index (χ3n) is 2.21. The molecule has 0 aliphatic heterocycles. The molecule has 1 aromatic rings. The molecule has 0 fully saturated rings. The van der Waals surface area contributed by atoms with Gasteiger partial charge in [0.15, 0.2) is 5.78 Å². The van der Waals surface area contributed by atoms with Crippen LogP contribution in [0.2, 0.25) is 0 Å². The Kier molecular flexibility index (Phi) is 4.66. The summed E-state index contributed by atoms with van der Waals surface area (Å²) in [4.78, 5) is 27.5. The molecule has 0 radical (unpaired) electrons. The predicted molar refractivity (Wildman–Crippen MR) is 59.8 cm³/mol. The van der Waals surface area contributed by atoms with Crippen molar-refractivity contribution in [2.24, 2.45) is 0 Å². The van der Waals surface area contributed by atoms with Gasteiger partial charge in [0, 0.05) is 18.9 Å². The van der Waals surface area contributed by atoms with Crippen LogP contribution in [0.15, 0.2) is 30.3 Å². The van der Waals surface area contributed by atoms with E-state index in [2.05, 4.69) is 0 Å². The lowest BCUT2D eigenvalue weighted by Gasteiger charge is -2.16. The molecule has 0 aliphatic rings. The number of nitrogens with zero attached hydrogens (tertiary/aromatic N) is 1. The minimum atomic E-state index is -0.205. The molecular weight excluding hydrogens is 206 g/mol. The number of ketones is 1. The first-order chi connectivity index (χ1) is 7.65. The van der Waals surface area contributed by atoms with E-state index >= 15 is 0 Å².